The van der Waals surface area contributed by atoms with Crippen molar-refractivity contribution >= 4 is 54.8 Å². The summed E-state index contributed by atoms with van der Waals surface area (Å²) in [6.07, 6.45) is 1.74. The van der Waals surface area contributed by atoms with Crippen LogP contribution >= 0.6 is 22.9 Å². The number of fused-ring (bicyclic) bond motifs is 1. The van der Waals surface area contributed by atoms with Gasteiger partial charge in [-0.3, -0.25) is 9.10 Å². The lowest BCUT2D eigenvalue weighted by atomic mass is 10.2. The van der Waals surface area contributed by atoms with Crippen LogP contribution in [0.4, 0.5) is 5.69 Å². The quantitative estimate of drug-likeness (QED) is 0.325. The van der Waals surface area contributed by atoms with Crippen LogP contribution in [0.2, 0.25) is 5.02 Å². The molecule has 1 heterocycles. The van der Waals surface area contributed by atoms with Crippen molar-refractivity contribution in [3.8, 4) is 0 Å². The smallest absolute Gasteiger partial charge is 0.279 e. The predicted octanol–water partition coefficient (Wildman–Crippen LogP) is 5.42. The number of sulfonamides is 1. The van der Waals surface area contributed by atoms with Gasteiger partial charge < -0.3 is 4.57 Å². The van der Waals surface area contributed by atoms with Crippen molar-refractivity contribution in [2.75, 3.05) is 11.4 Å². The molecule has 0 unspecified atom stereocenters. The topological polar surface area (TPSA) is 71.7 Å². The molecule has 0 saturated heterocycles. The zero-order chi connectivity index (χ0) is 24.5. The van der Waals surface area contributed by atoms with E-state index in [-0.39, 0.29) is 4.90 Å². The molecule has 0 fully saturated rings. The van der Waals surface area contributed by atoms with E-state index in [1.807, 2.05) is 29.7 Å². The number of aromatic nitrogens is 1. The maximum Gasteiger partial charge on any atom is 0.279 e. The number of hydrogen-bond donors (Lipinski definition) is 0. The van der Waals surface area contributed by atoms with E-state index in [1.54, 1.807) is 30.3 Å². The van der Waals surface area contributed by atoms with Gasteiger partial charge in [0.05, 0.1) is 20.8 Å². The second-order valence-electron chi connectivity index (χ2n) is 7.55. The predicted molar refractivity (Wildman–Crippen MR) is 138 cm³/mol. The van der Waals surface area contributed by atoms with E-state index in [0.717, 1.165) is 15.8 Å². The summed E-state index contributed by atoms with van der Waals surface area (Å²) < 4.78 is 30.0. The molecule has 6 nitrogen and oxygen atoms in total. The fraction of sp³-hybridized carbons (Fsp3) is 0.120. The Morgan fingerprint density at radius 3 is 2.44 bits per heavy atom. The van der Waals surface area contributed by atoms with Gasteiger partial charge in [0.2, 0.25) is 0 Å². The first-order valence-electron chi connectivity index (χ1n) is 10.4. The number of nitrogens with zero attached hydrogens (tertiary/aromatic N) is 3. The maximum absolute atomic E-state index is 13.0. The van der Waals surface area contributed by atoms with Gasteiger partial charge in [-0.2, -0.15) is 4.99 Å². The van der Waals surface area contributed by atoms with Gasteiger partial charge in [0.1, 0.15) is 0 Å². The van der Waals surface area contributed by atoms with Crippen molar-refractivity contribution in [2.45, 2.75) is 18.4 Å². The normalized spacial score (nSPS) is 12.1. The monoisotopic (exact) mass is 511 g/mol. The molecule has 0 spiro atoms. The molecule has 0 aliphatic rings. The molecule has 3 aromatic carbocycles. The Morgan fingerprint density at radius 2 is 1.79 bits per heavy atom. The van der Waals surface area contributed by atoms with E-state index in [0.29, 0.717) is 27.6 Å². The lowest BCUT2D eigenvalue weighted by molar-refractivity contribution is 0.0998. The van der Waals surface area contributed by atoms with E-state index in [2.05, 4.69) is 11.6 Å². The van der Waals surface area contributed by atoms with Crippen LogP contribution in [0.1, 0.15) is 15.9 Å². The minimum absolute atomic E-state index is 0.0873. The van der Waals surface area contributed by atoms with E-state index >= 15 is 0 Å². The third-order valence-corrected chi connectivity index (χ3v) is 8.67. The average Bonchev–Trinajstić information content (AvgIpc) is 3.19. The number of aryl methyl sites for hydroxylation is 1. The van der Waals surface area contributed by atoms with Crippen LogP contribution in [0.25, 0.3) is 10.2 Å². The lowest BCUT2D eigenvalue weighted by Gasteiger charge is -2.19. The number of thiazole rings is 1. The van der Waals surface area contributed by atoms with Crippen molar-refractivity contribution < 1.29 is 13.2 Å². The zero-order valence-corrected chi connectivity index (χ0v) is 21.0. The first kappa shape index (κ1) is 23.9. The largest absolute Gasteiger partial charge is 0.312 e. The van der Waals surface area contributed by atoms with Gasteiger partial charge in [0, 0.05) is 24.2 Å². The average molecular weight is 512 g/mol. The SMILES string of the molecule is C=CCn1c(=NC(=O)c2ccc(S(=O)(=O)N(C)c3ccccc3)cc2)sc2ccc(Cl)c(C)c21. The highest BCUT2D eigenvalue weighted by Crippen LogP contribution is 2.27. The second kappa shape index (κ2) is 9.58. The Morgan fingerprint density at radius 1 is 1.12 bits per heavy atom. The molecule has 0 radical (unpaired) electrons. The highest BCUT2D eigenvalue weighted by atomic mass is 35.5. The van der Waals surface area contributed by atoms with E-state index in [4.69, 9.17) is 11.6 Å². The van der Waals surface area contributed by atoms with Crippen molar-refractivity contribution in [1.82, 2.24) is 4.57 Å². The first-order chi connectivity index (χ1) is 16.2. The number of allylic oxidation sites excluding steroid dienone is 1. The molecular weight excluding hydrogens is 490 g/mol. The van der Waals surface area contributed by atoms with Crippen LogP contribution in [0.15, 0.2) is 89.3 Å². The third-order valence-electron chi connectivity index (χ3n) is 5.42. The molecule has 34 heavy (non-hydrogen) atoms. The molecule has 1 amide bonds. The number of anilines is 1. The summed E-state index contributed by atoms with van der Waals surface area (Å²) in [6.45, 7) is 6.20. The fourth-order valence-corrected chi connectivity index (χ4v) is 6.00. The van der Waals surface area contributed by atoms with Gasteiger partial charge in [-0.05, 0) is 61.0 Å². The molecule has 0 aliphatic carbocycles. The summed E-state index contributed by atoms with van der Waals surface area (Å²) in [6, 6.07) is 18.3. The Kier molecular flexibility index (Phi) is 6.74. The summed E-state index contributed by atoms with van der Waals surface area (Å²) in [4.78, 5) is 17.9. The summed E-state index contributed by atoms with van der Waals surface area (Å²) >= 11 is 7.68. The highest BCUT2D eigenvalue weighted by Gasteiger charge is 2.21. The van der Waals surface area contributed by atoms with Gasteiger partial charge in [-0.15, -0.1) is 6.58 Å². The fourth-order valence-electron chi connectivity index (χ4n) is 3.55. The summed E-state index contributed by atoms with van der Waals surface area (Å²) in [5.74, 6) is -0.464. The molecule has 9 heteroatoms. The molecule has 174 valence electrons. The summed E-state index contributed by atoms with van der Waals surface area (Å²) in [7, 11) is -2.27. The lowest BCUT2D eigenvalue weighted by Crippen LogP contribution is -2.26. The van der Waals surface area contributed by atoms with Crippen molar-refractivity contribution in [1.29, 1.82) is 0 Å². The molecule has 0 N–H and O–H groups in total. The number of hydrogen-bond acceptors (Lipinski definition) is 4. The van der Waals surface area contributed by atoms with Gasteiger partial charge in [-0.25, -0.2) is 8.42 Å². The molecular formula is C25H22ClN3O3S2. The number of rotatable bonds is 6. The Labute approximate surface area is 207 Å². The standard InChI is InChI=1S/C25H22ClN3O3S2/c1-4-16-29-23-17(2)21(26)14-15-22(23)33-25(29)27-24(30)18-10-12-20(13-11-18)34(31,32)28(3)19-8-6-5-7-9-19/h4-15H,1,16H2,2-3H3. The van der Waals surface area contributed by atoms with Gasteiger partial charge in [-0.1, -0.05) is 47.2 Å². The minimum atomic E-state index is -3.77. The van der Waals surface area contributed by atoms with Gasteiger partial charge in [0.25, 0.3) is 15.9 Å². The van der Waals surface area contributed by atoms with Crippen LogP contribution in [0.3, 0.4) is 0 Å². The van der Waals surface area contributed by atoms with Crippen molar-refractivity contribution in [3.63, 3.8) is 0 Å². The molecule has 1 aromatic heterocycles. The number of para-hydroxylation sites is 1. The Bertz CT molecular complexity index is 1560. The minimum Gasteiger partial charge on any atom is -0.312 e. The first-order valence-corrected chi connectivity index (χ1v) is 13.0. The van der Waals surface area contributed by atoms with E-state index in [9.17, 15) is 13.2 Å². The number of carbonyl (C=O) groups excluding carboxylic acids is 1. The summed E-state index contributed by atoms with van der Waals surface area (Å²) in [5.41, 5.74) is 2.65. The maximum atomic E-state index is 13.0. The van der Waals surface area contributed by atoms with Crippen LogP contribution in [-0.4, -0.2) is 25.9 Å². The van der Waals surface area contributed by atoms with Crippen molar-refractivity contribution in [3.05, 3.63) is 100 Å². The van der Waals surface area contributed by atoms with Gasteiger partial charge in [0.15, 0.2) is 4.80 Å². The number of carbonyl (C=O) groups is 1. The number of amides is 1. The van der Waals surface area contributed by atoms with E-state index < -0.39 is 15.9 Å². The molecule has 0 saturated carbocycles. The van der Waals surface area contributed by atoms with E-state index in [1.165, 1.54) is 47.0 Å². The van der Waals surface area contributed by atoms with Crippen molar-refractivity contribution in [2.24, 2.45) is 4.99 Å². The summed E-state index contributed by atoms with van der Waals surface area (Å²) in [5, 5.41) is 0.637. The van der Waals surface area contributed by atoms with Crippen LogP contribution < -0.4 is 9.11 Å². The molecule has 0 aliphatic heterocycles. The molecule has 4 rings (SSSR count). The molecule has 0 bridgehead atoms. The number of benzene rings is 3. The Hall–Kier alpha value is -3.20. The second-order valence-corrected chi connectivity index (χ2v) is 10.9. The third kappa shape index (κ3) is 4.44. The van der Waals surface area contributed by atoms with Gasteiger partial charge >= 0.3 is 0 Å². The van der Waals surface area contributed by atoms with Crippen LogP contribution in [0.5, 0.6) is 0 Å². The Balaban J connectivity index is 1.69. The van der Waals surface area contributed by atoms with Crippen LogP contribution in [0, 0.1) is 6.92 Å². The number of halogens is 1. The highest BCUT2D eigenvalue weighted by molar-refractivity contribution is 7.92. The molecule has 4 aromatic rings. The van der Waals surface area contributed by atoms with Crippen LogP contribution in [-0.2, 0) is 16.6 Å². The molecule has 0 atom stereocenters. The zero-order valence-electron chi connectivity index (χ0n) is 18.6.